The number of aryl methyl sites for hydroxylation is 1. The zero-order chi connectivity index (χ0) is 8.97. The van der Waals surface area contributed by atoms with E-state index in [4.69, 9.17) is 0 Å². The first-order chi connectivity index (χ1) is 5.77. The molecule has 0 aliphatic rings. The van der Waals surface area contributed by atoms with Crippen molar-refractivity contribution in [3.8, 4) is 0 Å². The molecule has 0 fully saturated rings. The van der Waals surface area contributed by atoms with E-state index in [2.05, 4.69) is 5.10 Å². The highest BCUT2D eigenvalue weighted by Gasteiger charge is 2.04. The molecule has 0 N–H and O–H groups in total. The Hall–Kier alpha value is -1.12. The minimum Gasteiger partial charge on any atom is -0.299 e. The van der Waals surface area contributed by atoms with E-state index in [0.717, 1.165) is 12.2 Å². The predicted octanol–water partition coefficient (Wildman–Crippen LogP) is 1.42. The van der Waals surface area contributed by atoms with E-state index in [1.807, 2.05) is 24.6 Å². The molecule has 1 aromatic rings. The molecule has 0 amide bonds. The molecular weight excluding hydrogens is 152 g/mol. The van der Waals surface area contributed by atoms with Gasteiger partial charge in [0.1, 0.15) is 5.78 Å². The highest BCUT2D eigenvalue weighted by atomic mass is 16.1. The Kier molecular flexibility index (Phi) is 3.02. The smallest absolute Gasteiger partial charge is 0.138 e. The summed E-state index contributed by atoms with van der Waals surface area (Å²) in [6, 6.07) is 1.90. The summed E-state index contributed by atoms with van der Waals surface area (Å²) in [6.45, 7) is 4.74. The number of carbonyl (C=O) groups is 1. The highest BCUT2D eigenvalue weighted by Crippen LogP contribution is 2.01. The monoisotopic (exact) mass is 166 g/mol. The molecule has 0 radical (unpaired) electrons. The number of hydrogen-bond donors (Lipinski definition) is 0. The molecule has 12 heavy (non-hydrogen) atoms. The van der Waals surface area contributed by atoms with Crippen LogP contribution in [-0.2, 0) is 17.8 Å². The van der Waals surface area contributed by atoms with Crippen molar-refractivity contribution in [2.24, 2.45) is 0 Å². The first-order valence-electron chi connectivity index (χ1n) is 4.30. The van der Waals surface area contributed by atoms with Crippen LogP contribution in [0.15, 0.2) is 12.3 Å². The van der Waals surface area contributed by atoms with Crippen molar-refractivity contribution >= 4 is 5.78 Å². The summed E-state index contributed by atoms with van der Waals surface area (Å²) >= 11 is 0. The molecule has 0 aliphatic heterocycles. The van der Waals surface area contributed by atoms with Gasteiger partial charge in [-0.3, -0.25) is 9.48 Å². The topological polar surface area (TPSA) is 34.9 Å². The number of carbonyl (C=O) groups excluding carboxylic acids is 1. The summed E-state index contributed by atoms with van der Waals surface area (Å²) in [4.78, 5) is 11.1. The summed E-state index contributed by atoms with van der Waals surface area (Å²) in [5, 5.41) is 4.09. The number of ketones is 1. The molecule has 0 spiro atoms. The van der Waals surface area contributed by atoms with Crippen molar-refractivity contribution in [3.05, 3.63) is 18.0 Å². The fraction of sp³-hybridized carbons (Fsp3) is 0.556. The Balaban J connectivity index is 2.68. The molecular formula is C9H14N2O. The lowest BCUT2D eigenvalue weighted by atomic mass is 10.2. The maximum atomic E-state index is 11.1. The Labute approximate surface area is 72.4 Å². The standard InChI is InChI=1S/C9H14N2O/c1-3-9(12)7-8-5-6-10-11(8)4-2/h5-6H,3-4,7H2,1-2H3. The molecule has 3 heteroatoms. The van der Waals surface area contributed by atoms with Gasteiger partial charge in [0.15, 0.2) is 0 Å². The van der Waals surface area contributed by atoms with Gasteiger partial charge in [-0.05, 0) is 13.0 Å². The largest absolute Gasteiger partial charge is 0.299 e. The van der Waals surface area contributed by atoms with E-state index in [1.54, 1.807) is 6.20 Å². The lowest BCUT2D eigenvalue weighted by Gasteiger charge is -2.01. The Morgan fingerprint density at radius 2 is 2.33 bits per heavy atom. The summed E-state index contributed by atoms with van der Waals surface area (Å²) in [5.41, 5.74) is 1.02. The van der Waals surface area contributed by atoms with Crippen LogP contribution in [0.2, 0.25) is 0 Å². The van der Waals surface area contributed by atoms with Gasteiger partial charge in [0.25, 0.3) is 0 Å². The first-order valence-corrected chi connectivity index (χ1v) is 4.30. The molecule has 1 aromatic heterocycles. The van der Waals surface area contributed by atoms with Crippen LogP contribution < -0.4 is 0 Å². The molecule has 0 aliphatic carbocycles. The second-order valence-electron chi connectivity index (χ2n) is 2.71. The molecule has 0 saturated carbocycles. The van der Waals surface area contributed by atoms with Gasteiger partial charge in [0.2, 0.25) is 0 Å². The van der Waals surface area contributed by atoms with E-state index < -0.39 is 0 Å². The van der Waals surface area contributed by atoms with Gasteiger partial charge in [-0.1, -0.05) is 6.92 Å². The van der Waals surface area contributed by atoms with Crippen molar-refractivity contribution in [1.29, 1.82) is 0 Å². The lowest BCUT2D eigenvalue weighted by molar-refractivity contribution is -0.118. The Bertz CT molecular complexity index is 265. The molecule has 0 saturated heterocycles. The third-order valence-corrected chi connectivity index (χ3v) is 1.88. The molecule has 0 bridgehead atoms. The van der Waals surface area contributed by atoms with Gasteiger partial charge in [-0.25, -0.2) is 0 Å². The van der Waals surface area contributed by atoms with E-state index in [0.29, 0.717) is 12.8 Å². The van der Waals surface area contributed by atoms with Gasteiger partial charge in [-0.2, -0.15) is 5.10 Å². The normalized spacial score (nSPS) is 10.2. The van der Waals surface area contributed by atoms with Crippen LogP contribution >= 0.6 is 0 Å². The number of hydrogen-bond acceptors (Lipinski definition) is 2. The van der Waals surface area contributed by atoms with Crippen LogP contribution in [0.4, 0.5) is 0 Å². The maximum absolute atomic E-state index is 11.1. The van der Waals surface area contributed by atoms with Crippen LogP contribution in [0.3, 0.4) is 0 Å². The lowest BCUT2D eigenvalue weighted by Crippen LogP contribution is -2.08. The fourth-order valence-corrected chi connectivity index (χ4v) is 1.12. The SMILES string of the molecule is CCC(=O)Cc1ccnn1CC. The van der Waals surface area contributed by atoms with Gasteiger partial charge in [0, 0.05) is 31.3 Å². The van der Waals surface area contributed by atoms with Crippen LogP contribution in [0.5, 0.6) is 0 Å². The van der Waals surface area contributed by atoms with E-state index in [9.17, 15) is 4.79 Å². The molecule has 66 valence electrons. The summed E-state index contributed by atoms with van der Waals surface area (Å²) < 4.78 is 1.85. The molecule has 0 unspecified atom stereocenters. The van der Waals surface area contributed by atoms with Crippen LogP contribution in [0, 0.1) is 0 Å². The third kappa shape index (κ3) is 1.94. The molecule has 0 atom stereocenters. The van der Waals surface area contributed by atoms with E-state index in [1.165, 1.54) is 0 Å². The zero-order valence-corrected chi connectivity index (χ0v) is 7.58. The van der Waals surface area contributed by atoms with Gasteiger partial charge >= 0.3 is 0 Å². The molecule has 0 aromatic carbocycles. The number of rotatable bonds is 4. The zero-order valence-electron chi connectivity index (χ0n) is 7.58. The van der Waals surface area contributed by atoms with E-state index in [-0.39, 0.29) is 5.78 Å². The van der Waals surface area contributed by atoms with Crippen molar-refractivity contribution in [2.75, 3.05) is 0 Å². The number of Topliss-reactive ketones (excluding diaryl/α,β-unsaturated/α-hetero) is 1. The molecule has 1 rings (SSSR count). The second kappa shape index (κ2) is 4.04. The van der Waals surface area contributed by atoms with Crippen LogP contribution in [0.1, 0.15) is 26.0 Å². The van der Waals surface area contributed by atoms with Crippen molar-refractivity contribution in [2.45, 2.75) is 33.2 Å². The van der Waals surface area contributed by atoms with Crippen molar-refractivity contribution in [3.63, 3.8) is 0 Å². The Morgan fingerprint density at radius 1 is 1.58 bits per heavy atom. The third-order valence-electron chi connectivity index (χ3n) is 1.88. The van der Waals surface area contributed by atoms with Crippen LogP contribution in [0.25, 0.3) is 0 Å². The number of aromatic nitrogens is 2. The highest BCUT2D eigenvalue weighted by molar-refractivity contribution is 5.80. The summed E-state index contributed by atoms with van der Waals surface area (Å²) in [6.07, 6.45) is 2.86. The summed E-state index contributed by atoms with van der Waals surface area (Å²) in [5.74, 6) is 0.269. The summed E-state index contributed by atoms with van der Waals surface area (Å²) in [7, 11) is 0. The minimum absolute atomic E-state index is 0.269. The van der Waals surface area contributed by atoms with Crippen molar-refractivity contribution in [1.82, 2.24) is 9.78 Å². The number of nitrogens with zero attached hydrogens (tertiary/aromatic N) is 2. The van der Waals surface area contributed by atoms with Gasteiger partial charge in [0.05, 0.1) is 0 Å². The van der Waals surface area contributed by atoms with E-state index >= 15 is 0 Å². The van der Waals surface area contributed by atoms with Gasteiger partial charge < -0.3 is 0 Å². The minimum atomic E-state index is 0.269. The fourth-order valence-electron chi connectivity index (χ4n) is 1.12. The first kappa shape index (κ1) is 8.97. The maximum Gasteiger partial charge on any atom is 0.138 e. The van der Waals surface area contributed by atoms with Gasteiger partial charge in [-0.15, -0.1) is 0 Å². The predicted molar refractivity (Wildman–Crippen MR) is 46.9 cm³/mol. The quantitative estimate of drug-likeness (QED) is 0.678. The molecule has 1 heterocycles. The van der Waals surface area contributed by atoms with Crippen LogP contribution in [-0.4, -0.2) is 15.6 Å². The molecule has 3 nitrogen and oxygen atoms in total. The van der Waals surface area contributed by atoms with Crippen molar-refractivity contribution < 1.29 is 4.79 Å². The second-order valence-corrected chi connectivity index (χ2v) is 2.71. The average molecular weight is 166 g/mol. The Morgan fingerprint density at radius 3 is 2.92 bits per heavy atom. The average Bonchev–Trinajstić information content (AvgIpc) is 2.51.